The molecule has 0 radical (unpaired) electrons. The Kier molecular flexibility index (Phi) is 12.5. The van der Waals surface area contributed by atoms with Crippen LogP contribution in [0.15, 0.2) is 35.5 Å². The van der Waals surface area contributed by atoms with E-state index in [9.17, 15) is 14.7 Å². The molecule has 1 unspecified atom stereocenters. The summed E-state index contributed by atoms with van der Waals surface area (Å²) in [4.78, 5) is 31.4. The van der Waals surface area contributed by atoms with Gasteiger partial charge in [-0.25, -0.2) is 0 Å². The average molecular weight is 564 g/mol. The summed E-state index contributed by atoms with van der Waals surface area (Å²) in [7, 11) is 0. The molecule has 0 aromatic heterocycles. The van der Waals surface area contributed by atoms with Crippen LogP contribution < -0.4 is 4.74 Å². The van der Waals surface area contributed by atoms with Gasteiger partial charge in [-0.05, 0) is 92.7 Å². The zero-order valence-electron chi connectivity index (χ0n) is 25.6. The quantitative estimate of drug-likeness (QED) is 0.161. The predicted octanol–water partition coefficient (Wildman–Crippen LogP) is 9.09. The highest BCUT2D eigenvalue weighted by Crippen LogP contribution is 2.46. The third-order valence-corrected chi connectivity index (χ3v) is 9.92. The summed E-state index contributed by atoms with van der Waals surface area (Å²) in [6.45, 7) is 5.13. The monoisotopic (exact) mass is 563 g/mol. The largest absolute Gasteiger partial charge is 0.493 e. The molecule has 4 atom stereocenters. The van der Waals surface area contributed by atoms with E-state index in [0.29, 0.717) is 18.8 Å². The van der Waals surface area contributed by atoms with Crippen molar-refractivity contribution < 1.29 is 19.4 Å². The van der Waals surface area contributed by atoms with Crippen molar-refractivity contribution >= 4 is 17.5 Å². The first kappa shape index (κ1) is 31.5. The first-order valence-electron chi connectivity index (χ1n) is 16.7. The zero-order valence-corrected chi connectivity index (χ0v) is 25.6. The molecule has 5 nitrogen and oxygen atoms in total. The Bertz CT molecular complexity index is 1050. The molecule has 5 heteroatoms. The highest BCUT2D eigenvalue weighted by Gasteiger charge is 2.41. The number of aliphatic carboxylic acids is 1. The predicted molar refractivity (Wildman–Crippen MR) is 167 cm³/mol. The number of Topliss-reactive ketones (excluding diaryl/α,β-unsaturated/α-hetero) is 1. The molecule has 0 bridgehead atoms. The van der Waals surface area contributed by atoms with Crippen molar-refractivity contribution in [2.24, 2.45) is 28.7 Å². The number of carbonyl (C=O) groups is 2. The first-order valence-corrected chi connectivity index (χ1v) is 16.7. The number of allylic oxidation sites excluding steroid dienone is 1. The van der Waals surface area contributed by atoms with Gasteiger partial charge in [-0.2, -0.15) is 0 Å². The van der Waals surface area contributed by atoms with E-state index in [-0.39, 0.29) is 23.7 Å². The lowest BCUT2D eigenvalue weighted by Gasteiger charge is -2.30. The zero-order chi connectivity index (χ0) is 29.0. The maximum Gasteiger partial charge on any atom is 0.307 e. The molecule has 0 amide bonds. The second kappa shape index (κ2) is 16.3. The van der Waals surface area contributed by atoms with E-state index in [4.69, 9.17) is 4.74 Å². The third kappa shape index (κ3) is 9.03. The molecular weight excluding hydrogens is 510 g/mol. The second-order valence-electron chi connectivity index (χ2n) is 12.9. The molecule has 226 valence electrons. The molecule has 3 aliphatic rings. The molecule has 4 rings (SSSR count). The fraction of sp³-hybridized carbons (Fsp3) is 0.694. The van der Waals surface area contributed by atoms with Crippen LogP contribution in [0.3, 0.4) is 0 Å². The number of ether oxygens (including phenoxy) is 1. The van der Waals surface area contributed by atoms with Crippen molar-refractivity contribution in [3.05, 3.63) is 41.6 Å². The minimum absolute atomic E-state index is 0.0839. The molecular formula is C36H53NO4. The maximum absolute atomic E-state index is 13.8. The number of carboxylic acids is 1. The van der Waals surface area contributed by atoms with Crippen LogP contribution in [0, 0.1) is 23.7 Å². The summed E-state index contributed by atoms with van der Waals surface area (Å²) in [6, 6.07) is 6.34. The van der Waals surface area contributed by atoms with Crippen LogP contribution in [0.5, 0.6) is 5.75 Å². The number of carbonyl (C=O) groups excluding carboxylic acids is 1. The van der Waals surface area contributed by atoms with Crippen LogP contribution in [0.25, 0.3) is 0 Å². The SMILES string of the molecule is CCCCCC(CCCCC)C(=O)CC1CC[C@@H](CCC2=NC=CCC2)[C@H](C(=O)O)[C@@H](c2ccc3c(c2)CCO3)C1. The van der Waals surface area contributed by atoms with E-state index >= 15 is 0 Å². The van der Waals surface area contributed by atoms with Crippen LogP contribution in [0.2, 0.25) is 0 Å². The number of fused-ring (bicyclic) bond motifs is 1. The second-order valence-corrected chi connectivity index (χ2v) is 12.9. The lowest BCUT2D eigenvalue weighted by molar-refractivity contribution is -0.144. The number of ketones is 1. The molecule has 2 aliphatic heterocycles. The standard InChI is InChI=1S/C36H53NO4/c1-3-5-7-11-27(12-8-6-4-2)33(38)24-26-14-15-28(16-18-31-13-9-10-21-37-31)35(36(39)40)32(23-26)29-17-19-34-30(25-29)20-22-41-34/h10,17,19,21,25-28,32,35H,3-9,11-16,18,20,22-24H2,1-2H3,(H,39,40)/t26?,28-,32+,35-/m0/s1. The van der Waals surface area contributed by atoms with Crippen LogP contribution in [-0.4, -0.2) is 29.2 Å². The minimum Gasteiger partial charge on any atom is -0.493 e. The summed E-state index contributed by atoms with van der Waals surface area (Å²) in [5, 5.41) is 10.7. The summed E-state index contributed by atoms with van der Waals surface area (Å²) in [5.41, 5.74) is 3.50. The van der Waals surface area contributed by atoms with Crippen LogP contribution in [-0.2, 0) is 16.0 Å². The van der Waals surface area contributed by atoms with Gasteiger partial charge >= 0.3 is 5.97 Å². The van der Waals surface area contributed by atoms with Crippen molar-refractivity contribution in [2.75, 3.05) is 6.61 Å². The van der Waals surface area contributed by atoms with E-state index < -0.39 is 11.9 Å². The van der Waals surface area contributed by atoms with E-state index in [1.165, 1.54) is 37.0 Å². The van der Waals surface area contributed by atoms with Gasteiger partial charge in [0.1, 0.15) is 11.5 Å². The number of hydrogen-bond acceptors (Lipinski definition) is 4. The van der Waals surface area contributed by atoms with E-state index in [1.807, 2.05) is 12.3 Å². The van der Waals surface area contributed by atoms with Gasteiger partial charge in [0.15, 0.2) is 0 Å². The molecule has 1 aromatic carbocycles. The molecule has 1 saturated carbocycles. The number of hydrogen-bond donors (Lipinski definition) is 1. The van der Waals surface area contributed by atoms with Gasteiger partial charge in [-0.3, -0.25) is 14.6 Å². The van der Waals surface area contributed by atoms with E-state index in [1.54, 1.807) is 0 Å². The minimum atomic E-state index is -0.689. The Labute approximate surface area is 248 Å². The fourth-order valence-electron chi connectivity index (χ4n) is 7.53. The number of aliphatic imine (C=N–C) groups is 1. The van der Waals surface area contributed by atoms with Crippen LogP contribution >= 0.6 is 0 Å². The lowest BCUT2D eigenvalue weighted by Crippen LogP contribution is -2.29. The molecule has 2 heterocycles. The smallest absolute Gasteiger partial charge is 0.307 e. The summed E-state index contributed by atoms with van der Waals surface area (Å²) in [5.74, 6) is 0.622. The van der Waals surface area contributed by atoms with Crippen LogP contribution in [0.1, 0.15) is 134 Å². The van der Waals surface area contributed by atoms with Crippen molar-refractivity contribution in [1.29, 1.82) is 0 Å². The van der Waals surface area contributed by atoms with Crippen LogP contribution in [0.4, 0.5) is 0 Å². The highest BCUT2D eigenvalue weighted by atomic mass is 16.5. The average Bonchev–Trinajstić information content (AvgIpc) is 3.37. The van der Waals surface area contributed by atoms with E-state index in [2.05, 4.69) is 37.0 Å². The molecule has 1 fully saturated rings. The first-order chi connectivity index (χ1) is 20.0. The third-order valence-electron chi connectivity index (χ3n) is 9.92. The molecule has 1 N–H and O–H groups in total. The Morgan fingerprint density at radius 1 is 1.05 bits per heavy atom. The molecule has 41 heavy (non-hydrogen) atoms. The van der Waals surface area contributed by atoms with Gasteiger partial charge in [0.25, 0.3) is 0 Å². The van der Waals surface area contributed by atoms with Gasteiger partial charge in [0.2, 0.25) is 0 Å². The van der Waals surface area contributed by atoms with Gasteiger partial charge in [0.05, 0.1) is 12.5 Å². The van der Waals surface area contributed by atoms with Crippen molar-refractivity contribution in [2.45, 2.75) is 129 Å². The number of unbranched alkanes of at least 4 members (excludes halogenated alkanes) is 4. The van der Waals surface area contributed by atoms with Gasteiger partial charge < -0.3 is 9.84 Å². The Morgan fingerprint density at radius 3 is 2.51 bits per heavy atom. The number of benzene rings is 1. The van der Waals surface area contributed by atoms with Crippen molar-refractivity contribution in [3.8, 4) is 5.75 Å². The number of rotatable bonds is 16. The fourth-order valence-corrected chi connectivity index (χ4v) is 7.53. The van der Waals surface area contributed by atoms with E-state index in [0.717, 1.165) is 88.4 Å². The molecule has 1 aliphatic carbocycles. The highest BCUT2D eigenvalue weighted by molar-refractivity contribution is 5.85. The molecule has 0 spiro atoms. The van der Waals surface area contributed by atoms with Crippen molar-refractivity contribution in [3.63, 3.8) is 0 Å². The Balaban J connectivity index is 1.55. The lowest BCUT2D eigenvalue weighted by atomic mass is 9.73. The van der Waals surface area contributed by atoms with Gasteiger partial charge in [0, 0.05) is 30.7 Å². The molecule has 0 saturated heterocycles. The summed E-state index contributed by atoms with van der Waals surface area (Å²) < 4.78 is 5.77. The Morgan fingerprint density at radius 2 is 1.83 bits per heavy atom. The maximum atomic E-state index is 13.8. The number of carboxylic acid groups (broad SMARTS) is 1. The van der Waals surface area contributed by atoms with Crippen molar-refractivity contribution in [1.82, 2.24) is 0 Å². The van der Waals surface area contributed by atoms with Gasteiger partial charge in [-0.15, -0.1) is 0 Å². The van der Waals surface area contributed by atoms with Gasteiger partial charge in [-0.1, -0.05) is 70.6 Å². The number of nitrogens with zero attached hydrogens (tertiary/aromatic N) is 1. The Hall–Kier alpha value is -2.43. The molecule has 1 aromatic rings. The summed E-state index contributed by atoms with van der Waals surface area (Å²) in [6.07, 6.45) is 20.8. The summed E-state index contributed by atoms with van der Waals surface area (Å²) >= 11 is 0. The normalized spacial score (nSPS) is 24.0. The topological polar surface area (TPSA) is 76.0 Å².